The molecule has 0 spiro atoms. The number of benzene rings is 3. The Hall–Kier alpha value is -2.79. The fourth-order valence-electron chi connectivity index (χ4n) is 2.33. The molecule has 0 aliphatic carbocycles. The number of anilines is 1. The molecule has 128 valence electrons. The second-order valence-corrected chi connectivity index (χ2v) is 7.47. The summed E-state index contributed by atoms with van der Waals surface area (Å²) in [4.78, 5) is 0.186. The molecule has 3 rings (SSSR count). The van der Waals surface area contributed by atoms with E-state index in [1.165, 1.54) is 12.1 Å². The topological polar surface area (TPSA) is 55.4 Å². The van der Waals surface area contributed by atoms with Gasteiger partial charge in [0.15, 0.2) is 0 Å². The molecule has 0 saturated heterocycles. The molecule has 0 unspecified atom stereocenters. The smallest absolute Gasteiger partial charge is 0.261 e. The van der Waals surface area contributed by atoms with Crippen molar-refractivity contribution >= 4 is 15.7 Å². The number of hydrogen-bond acceptors (Lipinski definition) is 3. The van der Waals surface area contributed by atoms with Crippen LogP contribution in [0.2, 0.25) is 0 Å². The number of ether oxygens (including phenoxy) is 1. The highest BCUT2D eigenvalue weighted by molar-refractivity contribution is 7.92. The van der Waals surface area contributed by atoms with E-state index in [2.05, 4.69) is 4.72 Å². The Morgan fingerprint density at radius 3 is 2.04 bits per heavy atom. The summed E-state index contributed by atoms with van der Waals surface area (Å²) in [6.45, 7) is 3.93. The van der Waals surface area contributed by atoms with E-state index in [1.807, 2.05) is 56.3 Å². The van der Waals surface area contributed by atoms with Crippen molar-refractivity contribution in [1.29, 1.82) is 0 Å². The van der Waals surface area contributed by atoms with Crippen LogP contribution in [0.1, 0.15) is 11.1 Å². The first-order valence-corrected chi connectivity index (χ1v) is 9.35. The van der Waals surface area contributed by atoms with Crippen molar-refractivity contribution in [3.8, 4) is 11.5 Å². The van der Waals surface area contributed by atoms with Crippen molar-refractivity contribution in [1.82, 2.24) is 0 Å². The first-order chi connectivity index (χ1) is 11.9. The molecule has 0 saturated carbocycles. The van der Waals surface area contributed by atoms with Crippen molar-refractivity contribution in [3.63, 3.8) is 0 Å². The summed E-state index contributed by atoms with van der Waals surface area (Å²) in [5.41, 5.74) is 2.70. The van der Waals surface area contributed by atoms with Crippen molar-refractivity contribution in [2.24, 2.45) is 0 Å². The lowest BCUT2D eigenvalue weighted by molar-refractivity contribution is 0.482. The van der Waals surface area contributed by atoms with Gasteiger partial charge in [0.2, 0.25) is 0 Å². The summed E-state index contributed by atoms with van der Waals surface area (Å²) in [7, 11) is -3.64. The van der Waals surface area contributed by atoms with Gasteiger partial charge in [-0.05, 0) is 73.5 Å². The summed E-state index contributed by atoms with van der Waals surface area (Å²) in [5.74, 6) is 1.28. The molecule has 0 heterocycles. The third kappa shape index (κ3) is 4.19. The van der Waals surface area contributed by atoms with Crippen LogP contribution < -0.4 is 9.46 Å². The van der Waals surface area contributed by atoms with Crippen molar-refractivity contribution in [2.75, 3.05) is 4.72 Å². The number of hydrogen-bond donors (Lipinski definition) is 1. The van der Waals surface area contributed by atoms with Gasteiger partial charge in [0.05, 0.1) is 4.90 Å². The maximum Gasteiger partial charge on any atom is 0.261 e. The summed E-state index contributed by atoms with van der Waals surface area (Å²) in [6, 6.07) is 21.1. The Morgan fingerprint density at radius 2 is 1.40 bits per heavy atom. The molecular weight excluding hydrogens is 334 g/mol. The van der Waals surface area contributed by atoms with Gasteiger partial charge in [-0.3, -0.25) is 4.72 Å². The summed E-state index contributed by atoms with van der Waals surface area (Å²) in [5, 5.41) is 0. The monoisotopic (exact) mass is 353 g/mol. The second kappa shape index (κ2) is 6.99. The maximum absolute atomic E-state index is 12.5. The zero-order chi connectivity index (χ0) is 17.9. The number of rotatable bonds is 5. The van der Waals surface area contributed by atoms with Gasteiger partial charge in [0.25, 0.3) is 10.0 Å². The van der Waals surface area contributed by atoms with Gasteiger partial charge in [0, 0.05) is 5.69 Å². The van der Waals surface area contributed by atoms with Gasteiger partial charge in [-0.15, -0.1) is 0 Å². The molecule has 5 heteroatoms. The van der Waals surface area contributed by atoms with Crippen molar-refractivity contribution < 1.29 is 13.2 Å². The Balaban J connectivity index is 1.77. The molecule has 0 radical (unpaired) electrons. The molecule has 0 aliphatic heterocycles. The van der Waals surface area contributed by atoms with Crippen LogP contribution in [-0.2, 0) is 10.0 Å². The van der Waals surface area contributed by atoms with E-state index in [1.54, 1.807) is 18.2 Å². The lowest BCUT2D eigenvalue weighted by atomic mass is 10.1. The Labute approximate surface area is 148 Å². The molecule has 0 bridgehead atoms. The average Bonchev–Trinajstić information content (AvgIpc) is 2.59. The molecule has 3 aromatic carbocycles. The van der Waals surface area contributed by atoms with E-state index in [4.69, 9.17) is 4.74 Å². The van der Waals surface area contributed by atoms with Crippen LogP contribution in [-0.4, -0.2) is 8.42 Å². The third-order valence-electron chi connectivity index (χ3n) is 3.87. The molecule has 0 aromatic heterocycles. The lowest BCUT2D eigenvalue weighted by Crippen LogP contribution is -2.13. The highest BCUT2D eigenvalue weighted by Crippen LogP contribution is 2.24. The van der Waals surface area contributed by atoms with Gasteiger partial charge < -0.3 is 4.74 Å². The zero-order valence-electron chi connectivity index (χ0n) is 14.1. The normalized spacial score (nSPS) is 11.1. The Bertz CT molecular complexity index is 966. The van der Waals surface area contributed by atoms with Crippen molar-refractivity contribution in [2.45, 2.75) is 18.7 Å². The van der Waals surface area contributed by atoms with Gasteiger partial charge in [-0.1, -0.05) is 24.3 Å². The summed E-state index contributed by atoms with van der Waals surface area (Å²) in [6.07, 6.45) is 0. The molecule has 3 aromatic rings. The van der Waals surface area contributed by atoms with Crippen LogP contribution in [0.15, 0.2) is 77.7 Å². The molecule has 0 amide bonds. The van der Waals surface area contributed by atoms with Crippen LogP contribution in [0.3, 0.4) is 0 Å². The lowest BCUT2D eigenvalue weighted by Gasteiger charge is -2.11. The number of sulfonamides is 1. The molecule has 0 atom stereocenters. The fraction of sp³-hybridized carbons (Fsp3) is 0.100. The molecular formula is C20H19NO3S. The summed E-state index contributed by atoms with van der Waals surface area (Å²) >= 11 is 0. The van der Waals surface area contributed by atoms with Crippen LogP contribution >= 0.6 is 0 Å². The number of para-hydroxylation sites is 1. The van der Waals surface area contributed by atoms with Crippen LogP contribution in [0.5, 0.6) is 11.5 Å². The molecule has 1 N–H and O–H groups in total. The molecule has 0 aliphatic rings. The SMILES string of the molecule is Cc1ccc(NS(=O)(=O)c2ccc(Oc3ccccc3)cc2)cc1C. The van der Waals surface area contributed by atoms with Gasteiger partial charge in [-0.25, -0.2) is 8.42 Å². The molecule has 0 fully saturated rings. The predicted molar refractivity (Wildman–Crippen MR) is 99.7 cm³/mol. The van der Waals surface area contributed by atoms with Crippen LogP contribution in [0.25, 0.3) is 0 Å². The second-order valence-electron chi connectivity index (χ2n) is 5.79. The minimum absolute atomic E-state index is 0.186. The quantitative estimate of drug-likeness (QED) is 0.710. The van der Waals surface area contributed by atoms with Gasteiger partial charge >= 0.3 is 0 Å². The zero-order valence-corrected chi connectivity index (χ0v) is 14.9. The minimum Gasteiger partial charge on any atom is -0.457 e. The van der Waals surface area contributed by atoms with Crippen LogP contribution in [0, 0.1) is 13.8 Å². The van der Waals surface area contributed by atoms with Gasteiger partial charge in [0.1, 0.15) is 11.5 Å². The molecule has 4 nitrogen and oxygen atoms in total. The van der Waals surface area contributed by atoms with E-state index in [0.717, 1.165) is 11.1 Å². The first-order valence-electron chi connectivity index (χ1n) is 7.87. The van der Waals surface area contributed by atoms with Gasteiger partial charge in [-0.2, -0.15) is 0 Å². The van der Waals surface area contributed by atoms with E-state index in [9.17, 15) is 8.42 Å². The maximum atomic E-state index is 12.5. The van der Waals surface area contributed by atoms with Crippen molar-refractivity contribution in [3.05, 3.63) is 83.9 Å². The largest absolute Gasteiger partial charge is 0.457 e. The fourth-order valence-corrected chi connectivity index (χ4v) is 3.38. The standard InChI is InChI=1S/C20H19NO3S/c1-15-8-9-17(14-16(15)2)21-25(22,23)20-12-10-19(11-13-20)24-18-6-4-3-5-7-18/h3-14,21H,1-2H3. The minimum atomic E-state index is -3.64. The first kappa shape index (κ1) is 17.0. The van der Waals surface area contributed by atoms with E-state index < -0.39 is 10.0 Å². The highest BCUT2D eigenvalue weighted by Gasteiger charge is 2.14. The van der Waals surface area contributed by atoms with E-state index in [0.29, 0.717) is 17.2 Å². The van der Waals surface area contributed by atoms with Crippen LogP contribution in [0.4, 0.5) is 5.69 Å². The summed E-state index contributed by atoms with van der Waals surface area (Å²) < 4.78 is 33.3. The number of nitrogens with one attached hydrogen (secondary N) is 1. The molecule has 25 heavy (non-hydrogen) atoms. The third-order valence-corrected chi connectivity index (χ3v) is 5.27. The predicted octanol–water partition coefficient (Wildman–Crippen LogP) is 4.90. The van der Waals surface area contributed by atoms with E-state index >= 15 is 0 Å². The Kier molecular flexibility index (Phi) is 4.76. The average molecular weight is 353 g/mol. The van der Waals surface area contributed by atoms with E-state index in [-0.39, 0.29) is 4.90 Å². The highest BCUT2D eigenvalue weighted by atomic mass is 32.2. The number of aryl methyl sites for hydroxylation is 2. The Morgan fingerprint density at radius 1 is 0.760 bits per heavy atom.